The summed E-state index contributed by atoms with van der Waals surface area (Å²) in [5.41, 5.74) is 0. The lowest BCUT2D eigenvalue weighted by Crippen LogP contribution is -2.53. The molecule has 0 aliphatic carbocycles. The maximum atomic E-state index is 12.1. The molecule has 1 saturated heterocycles. The quantitative estimate of drug-likeness (QED) is 0.742. The molecule has 0 radical (unpaired) electrons. The van der Waals surface area contributed by atoms with Gasteiger partial charge in [-0.1, -0.05) is 6.92 Å². The van der Waals surface area contributed by atoms with Gasteiger partial charge in [0.2, 0.25) is 0 Å². The summed E-state index contributed by atoms with van der Waals surface area (Å²) in [4.78, 5) is 11.1. The number of methoxy groups -OCH3 is 1. The standard InChI is InChI=1S/C10H21N3O4S/c1-3-7-13(9-5-4-6-11-8-9)18(15,16)12-10(14)17-2/h9,11H,3-8H2,1-2H3,(H,12,14). The first-order chi connectivity index (χ1) is 8.51. The lowest BCUT2D eigenvalue weighted by molar-refractivity contribution is 0.176. The number of rotatable bonds is 5. The number of amides is 1. The minimum Gasteiger partial charge on any atom is -0.452 e. The SMILES string of the molecule is CCCN(C1CCCNC1)S(=O)(=O)NC(=O)OC. The average molecular weight is 279 g/mol. The van der Waals surface area contributed by atoms with Crippen molar-refractivity contribution in [1.82, 2.24) is 14.3 Å². The largest absolute Gasteiger partial charge is 0.452 e. The van der Waals surface area contributed by atoms with Gasteiger partial charge in [0.05, 0.1) is 7.11 Å². The van der Waals surface area contributed by atoms with Gasteiger partial charge in [-0.05, 0) is 25.8 Å². The molecule has 1 unspecified atom stereocenters. The van der Waals surface area contributed by atoms with E-state index < -0.39 is 16.3 Å². The summed E-state index contributed by atoms with van der Waals surface area (Å²) in [6.45, 7) is 3.80. The Morgan fingerprint density at radius 2 is 2.28 bits per heavy atom. The molecule has 0 bridgehead atoms. The Kier molecular flexibility index (Phi) is 5.83. The third-order valence-corrected chi connectivity index (χ3v) is 4.35. The lowest BCUT2D eigenvalue weighted by atomic mass is 10.1. The molecule has 0 aromatic rings. The van der Waals surface area contributed by atoms with Crippen LogP contribution in [0.3, 0.4) is 0 Å². The van der Waals surface area contributed by atoms with E-state index in [1.165, 1.54) is 4.31 Å². The van der Waals surface area contributed by atoms with Gasteiger partial charge in [0.25, 0.3) is 0 Å². The zero-order valence-corrected chi connectivity index (χ0v) is 11.6. The molecule has 1 amide bonds. The van der Waals surface area contributed by atoms with Crippen LogP contribution in [0.5, 0.6) is 0 Å². The minimum absolute atomic E-state index is 0.110. The fourth-order valence-corrected chi connectivity index (χ4v) is 3.41. The summed E-state index contributed by atoms with van der Waals surface area (Å²) >= 11 is 0. The van der Waals surface area contributed by atoms with Crippen LogP contribution in [0.4, 0.5) is 4.79 Å². The molecule has 1 atom stereocenters. The highest BCUT2D eigenvalue weighted by molar-refractivity contribution is 7.87. The van der Waals surface area contributed by atoms with E-state index in [-0.39, 0.29) is 6.04 Å². The van der Waals surface area contributed by atoms with Crippen LogP contribution in [0, 0.1) is 0 Å². The molecule has 106 valence electrons. The summed E-state index contributed by atoms with van der Waals surface area (Å²) in [6.07, 6.45) is 1.46. The van der Waals surface area contributed by atoms with Crippen molar-refractivity contribution >= 4 is 16.3 Å². The zero-order valence-electron chi connectivity index (χ0n) is 10.8. The van der Waals surface area contributed by atoms with Gasteiger partial charge < -0.3 is 10.1 Å². The molecule has 0 saturated carbocycles. The Labute approximate surface area is 108 Å². The van der Waals surface area contributed by atoms with Gasteiger partial charge in [-0.15, -0.1) is 0 Å². The van der Waals surface area contributed by atoms with Crippen LogP contribution >= 0.6 is 0 Å². The van der Waals surface area contributed by atoms with E-state index in [0.717, 1.165) is 26.5 Å². The summed E-state index contributed by atoms with van der Waals surface area (Å²) in [5, 5.41) is 3.16. The minimum atomic E-state index is -3.83. The van der Waals surface area contributed by atoms with E-state index in [9.17, 15) is 13.2 Å². The van der Waals surface area contributed by atoms with E-state index in [2.05, 4.69) is 10.1 Å². The van der Waals surface area contributed by atoms with E-state index in [4.69, 9.17) is 0 Å². The summed E-state index contributed by atoms with van der Waals surface area (Å²) in [7, 11) is -2.69. The third kappa shape index (κ3) is 4.11. The van der Waals surface area contributed by atoms with Gasteiger partial charge in [-0.2, -0.15) is 12.7 Å². The van der Waals surface area contributed by atoms with E-state index >= 15 is 0 Å². The number of nitrogens with zero attached hydrogens (tertiary/aromatic N) is 1. The van der Waals surface area contributed by atoms with Crippen molar-refractivity contribution in [2.45, 2.75) is 32.2 Å². The molecule has 1 rings (SSSR count). The Morgan fingerprint density at radius 1 is 1.56 bits per heavy atom. The molecule has 7 nitrogen and oxygen atoms in total. The smallest absolute Gasteiger partial charge is 0.421 e. The van der Waals surface area contributed by atoms with Crippen molar-refractivity contribution in [2.24, 2.45) is 0 Å². The summed E-state index contributed by atoms with van der Waals surface area (Å²) in [6, 6.07) is -0.110. The summed E-state index contributed by atoms with van der Waals surface area (Å²) < 4.78 is 31.7. The molecule has 2 N–H and O–H groups in total. The van der Waals surface area contributed by atoms with Crippen molar-refractivity contribution in [3.63, 3.8) is 0 Å². The predicted molar refractivity (Wildman–Crippen MR) is 67.3 cm³/mol. The van der Waals surface area contributed by atoms with Crippen molar-refractivity contribution in [3.8, 4) is 0 Å². The van der Waals surface area contributed by atoms with Gasteiger partial charge in [0, 0.05) is 19.1 Å². The molecule has 1 aliphatic rings. The Morgan fingerprint density at radius 3 is 2.78 bits per heavy atom. The first-order valence-corrected chi connectivity index (χ1v) is 7.53. The highest BCUT2D eigenvalue weighted by Gasteiger charge is 2.31. The number of nitrogens with one attached hydrogen (secondary N) is 2. The lowest BCUT2D eigenvalue weighted by Gasteiger charge is -2.33. The summed E-state index contributed by atoms with van der Waals surface area (Å²) in [5.74, 6) is 0. The molecular weight excluding hydrogens is 258 g/mol. The van der Waals surface area contributed by atoms with Crippen molar-refractivity contribution in [1.29, 1.82) is 0 Å². The number of piperidine rings is 1. The molecule has 1 aliphatic heterocycles. The van der Waals surface area contributed by atoms with Crippen molar-refractivity contribution < 1.29 is 17.9 Å². The van der Waals surface area contributed by atoms with E-state index in [1.807, 2.05) is 11.6 Å². The fraction of sp³-hybridized carbons (Fsp3) is 0.900. The van der Waals surface area contributed by atoms with E-state index in [1.54, 1.807) is 0 Å². The molecule has 18 heavy (non-hydrogen) atoms. The van der Waals surface area contributed by atoms with Crippen LogP contribution in [0.2, 0.25) is 0 Å². The molecule has 1 heterocycles. The topological polar surface area (TPSA) is 87.7 Å². The van der Waals surface area contributed by atoms with Crippen molar-refractivity contribution in [2.75, 3.05) is 26.7 Å². The van der Waals surface area contributed by atoms with Crippen molar-refractivity contribution in [3.05, 3.63) is 0 Å². The second-order valence-electron chi connectivity index (χ2n) is 4.21. The number of hydrogen-bond acceptors (Lipinski definition) is 5. The molecular formula is C10H21N3O4S. The molecule has 8 heteroatoms. The molecule has 0 aromatic heterocycles. The average Bonchev–Trinajstić information content (AvgIpc) is 2.36. The number of carbonyl (C=O) groups excluding carboxylic acids is 1. The molecule has 0 spiro atoms. The fourth-order valence-electron chi connectivity index (χ4n) is 2.00. The number of carbonyl (C=O) groups is 1. The first kappa shape index (κ1) is 15.2. The monoisotopic (exact) mass is 279 g/mol. The Balaban J connectivity index is 2.78. The Hall–Kier alpha value is -0.860. The second-order valence-corrected chi connectivity index (χ2v) is 5.83. The van der Waals surface area contributed by atoms with Crippen LogP contribution in [0.25, 0.3) is 0 Å². The zero-order chi connectivity index (χ0) is 13.6. The highest BCUT2D eigenvalue weighted by Crippen LogP contribution is 2.14. The number of hydrogen-bond donors (Lipinski definition) is 2. The maximum Gasteiger partial charge on any atom is 0.421 e. The maximum absolute atomic E-state index is 12.1. The molecule has 0 aromatic carbocycles. The van der Waals surface area contributed by atoms with Gasteiger partial charge in [0.1, 0.15) is 0 Å². The van der Waals surface area contributed by atoms with Crippen LogP contribution < -0.4 is 10.0 Å². The van der Waals surface area contributed by atoms with Crippen LogP contribution in [0.1, 0.15) is 26.2 Å². The van der Waals surface area contributed by atoms with Crippen LogP contribution in [-0.2, 0) is 14.9 Å². The van der Waals surface area contributed by atoms with Gasteiger partial charge in [0.15, 0.2) is 0 Å². The predicted octanol–water partition coefficient (Wildman–Crippen LogP) is 0.0512. The highest BCUT2D eigenvalue weighted by atomic mass is 32.2. The van der Waals surface area contributed by atoms with Crippen LogP contribution in [0.15, 0.2) is 0 Å². The normalized spacial score (nSPS) is 20.7. The van der Waals surface area contributed by atoms with Crippen LogP contribution in [-0.4, -0.2) is 51.6 Å². The first-order valence-electron chi connectivity index (χ1n) is 6.09. The Bertz CT molecular complexity index is 365. The van der Waals surface area contributed by atoms with E-state index in [0.29, 0.717) is 19.5 Å². The van der Waals surface area contributed by atoms with Gasteiger partial charge in [-0.25, -0.2) is 9.52 Å². The number of ether oxygens (including phenoxy) is 1. The second kappa shape index (κ2) is 6.91. The van der Waals surface area contributed by atoms with Gasteiger partial charge in [-0.3, -0.25) is 0 Å². The molecule has 1 fully saturated rings. The van der Waals surface area contributed by atoms with Gasteiger partial charge >= 0.3 is 16.3 Å². The third-order valence-electron chi connectivity index (χ3n) is 2.83.